The van der Waals surface area contributed by atoms with Crippen LogP contribution in [0.1, 0.15) is 17.3 Å². The Bertz CT molecular complexity index is 626. The maximum Gasteiger partial charge on any atom is 0.338 e. The van der Waals surface area contributed by atoms with Gasteiger partial charge in [0.2, 0.25) is 0 Å². The first-order valence-electron chi connectivity index (χ1n) is 6.52. The summed E-state index contributed by atoms with van der Waals surface area (Å²) in [5, 5.41) is 0. The van der Waals surface area contributed by atoms with Crippen LogP contribution in [-0.4, -0.2) is 18.8 Å². The van der Waals surface area contributed by atoms with Crippen molar-refractivity contribution in [2.45, 2.75) is 11.8 Å². The second-order valence-electron chi connectivity index (χ2n) is 4.25. The first-order valence-corrected chi connectivity index (χ1v) is 7.75. The van der Waals surface area contributed by atoms with Crippen molar-refractivity contribution < 1.29 is 14.3 Å². The van der Waals surface area contributed by atoms with E-state index in [1.807, 2.05) is 30.5 Å². The Morgan fingerprint density at radius 1 is 1.19 bits per heavy atom. The predicted molar refractivity (Wildman–Crippen MR) is 85.1 cm³/mol. The predicted octanol–water partition coefficient (Wildman–Crippen LogP) is 3.96. The van der Waals surface area contributed by atoms with E-state index < -0.39 is 0 Å². The molecule has 0 atom stereocenters. The van der Waals surface area contributed by atoms with Gasteiger partial charge in [0.15, 0.2) is 5.75 Å². The molecule has 0 aliphatic carbocycles. The van der Waals surface area contributed by atoms with E-state index in [0.717, 1.165) is 4.90 Å². The molecule has 21 heavy (non-hydrogen) atoms. The molecule has 0 bridgehead atoms. The lowest BCUT2D eigenvalue weighted by molar-refractivity contribution is 0.0526. The molecule has 0 radical (unpaired) electrons. The van der Waals surface area contributed by atoms with Gasteiger partial charge in [0.05, 0.1) is 17.9 Å². The van der Waals surface area contributed by atoms with Crippen LogP contribution in [0, 0.1) is 0 Å². The van der Waals surface area contributed by atoms with Crippen molar-refractivity contribution in [3.05, 3.63) is 48.0 Å². The van der Waals surface area contributed by atoms with Gasteiger partial charge < -0.3 is 15.2 Å². The molecule has 0 aliphatic heterocycles. The van der Waals surface area contributed by atoms with Gasteiger partial charge in [-0.1, -0.05) is 0 Å². The number of carbonyl (C=O) groups is 1. The smallest absolute Gasteiger partial charge is 0.338 e. The molecule has 0 saturated carbocycles. The molecule has 0 aromatic heterocycles. The van der Waals surface area contributed by atoms with E-state index in [4.69, 9.17) is 15.2 Å². The minimum Gasteiger partial charge on any atom is -0.462 e. The van der Waals surface area contributed by atoms with Crippen LogP contribution in [0.4, 0.5) is 5.69 Å². The van der Waals surface area contributed by atoms with Crippen molar-refractivity contribution in [3.8, 4) is 11.5 Å². The number of anilines is 1. The van der Waals surface area contributed by atoms with Crippen LogP contribution in [0.3, 0.4) is 0 Å². The molecule has 2 rings (SSSR count). The molecular formula is C16H17NO3S. The van der Waals surface area contributed by atoms with Crippen LogP contribution >= 0.6 is 11.8 Å². The third kappa shape index (κ3) is 3.92. The maximum atomic E-state index is 11.7. The largest absolute Gasteiger partial charge is 0.462 e. The lowest BCUT2D eigenvalue weighted by Gasteiger charge is -2.10. The number of esters is 1. The van der Waals surface area contributed by atoms with Gasteiger partial charge in [-0.15, -0.1) is 11.8 Å². The number of thioether (sulfide) groups is 1. The van der Waals surface area contributed by atoms with Crippen molar-refractivity contribution in [2.24, 2.45) is 0 Å². The fourth-order valence-electron chi connectivity index (χ4n) is 1.73. The van der Waals surface area contributed by atoms with Crippen molar-refractivity contribution in [3.63, 3.8) is 0 Å². The summed E-state index contributed by atoms with van der Waals surface area (Å²) in [5.41, 5.74) is 6.77. The van der Waals surface area contributed by atoms with Crippen LogP contribution in [-0.2, 0) is 4.74 Å². The van der Waals surface area contributed by atoms with Crippen molar-refractivity contribution in [2.75, 3.05) is 18.6 Å². The Morgan fingerprint density at radius 3 is 2.52 bits per heavy atom. The molecule has 0 unspecified atom stereocenters. The van der Waals surface area contributed by atoms with E-state index in [9.17, 15) is 4.79 Å². The molecule has 2 aromatic carbocycles. The summed E-state index contributed by atoms with van der Waals surface area (Å²) in [4.78, 5) is 12.9. The van der Waals surface area contributed by atoms with Crippen molar-refractivity contribution >= 4 is 23.4 Å². The number of carbonyl (C=O) groups excluding carboxylic acids is 1. The van der Waals surface area contributed by atoms with Crippen LogP contribution < -0.4 is 10.5 Å². The van der Waals surface area contributed by atoms with Gasteiger partial charge in [-0.05, 0) is 55.6 Å². The van der Waals surface area contributed by atoms with E-state index >= 15 is 0 Å². The second-order valence-corrected chi connectivity index (χ2v) is 5.13. The van der Waals surface area contributed by atoms with Crippen LogP contribution in [0.5, 0.6) is 11.5 Å². The highest BCUT2D eigenvalue weighted by Crippen LogP contribution is 2.29. The summed E-state index contributed by atoms with van der Waals surface area (Å²) >= 11 is 1.66. The second kappa shape index (κ2) is 7.04. The van der Waals surface area contributed by atoms with Crippen LogP contribution in [0.15, 0.2) is 47.4 Å². The molecule has 2 aromatic rings. The standard InChI is InChI=1S/C16H17NO3S/c1-3-19-16(18)11-4-9-14(17)15(10-11)20-12-5-7-13(21-2)8-6-12/h4-10H,3,17H2,1-2H3. The molecule has 0 saturated heterocycles. The Labute approximate surface area is 128 Å². The van der Waals surface area contributed by atoms with E-state index in [-0.39, 0.29) is 5.97 Å². The minimum atomic E-state index is -0.389. The number of nitrogens with two attached hydrogens (primary N) is 1. The number of hydrogen-bond donors (Lipinski definition) is 1. The molecule has 0 fully saturated rings. The topological polar surface area (TPSA) is 61.5 Å². The van der Waals surface area contributed by atoms with Gasteiger partial charge in [-0.25, -0.2) is 4.79 Å². The van der Waals surface area contributed by atoms with Gasteiger partial charge in [0.25, 0.3) is 0 Å². The van der Waals surface area contributed by atoms with Crippen LogP contribution in [0.2, 0.25) is 0 Å². The summed E-state index contributed by atoms with van der Waals surface area (Å²) in [7, 11) is 0. The average molecular weight is 303 g/mol. The number of hydrogen-bond acceptors (Lipinski definition) is 5. The van der Waals surface area contributed by atoms with Crippen LogP contribution in [0.25, 0.3) is 0 Å². The Balaban J connectivity index is 2.21. The summed E-state index contributed by atoms with van der Waals surface area (Å²) < 4.78 is 10.7. The summed E-state index contributed by atoms with van der Waals surface area (Å²) in [6.45, 7) is 2.09. The highest BCUT2D eigenvalue weighted by molar-refractivity contribution is 7.98. The monoisotopic (exact) mass is 303 g/mol. The molecule has 0 aliphatic rings. The van der Waals surface area contributed by atoms with E-state index in [1.165, 1.54) is 0 Å². The summed E-state index contributed by atoms with van der Waals surface area (Å²) in [6.07, 6.45) is 2.01. The normalized spacial score (nSPS) is 10.2. The number of ether oxygens (including phenoxy) is 2. The summed E-state index contributed by atoms with van der Waals surface area (Å²) in [6, 6.07) is 12.5. The Kier molecular flexibility index (Phi) is 5.11. The number of benzene rings is 2. The van der Waals surface area contributed by atoms with Crippen molar-refractivity contribution in [1.82, 2.24) is 0 Å². The lowest BCUT2D eigenvalue weighted by atomic mass is 10.2. The van der Waals surface area contributed by atoms with E-state index in [2.05, 4.69) is 0 Å². The van der Waals surface area contributed by atoms with Gasteiger partial charge in [0.1, 0.15) is 5.75 Å². The Hall–Kier alpha value is -2.14. The van der Waals surface area contributed by atoms with Gasteiger partial charge >= 0.3 is 5.97 Å². The molecule has 5 heteroatoms. The molecular weight excluding hydrogens is 286 g/mol. The highest BCUT2D eigenvalue weighted by Gasteiger charge is 2.10. The first kappa shape index (κ1) is 15.3. The quantitative estimate of drug-likeness (QED) is 0.514. The third-order valence-electron chi connectivity index (χ3n) is 2.81. The van der Waals surface area contributed by atoms with Gasteiger partial charge in [-0.2, -0.15) is 0 Å². The van der Waals surface area contributed by atoms with Gasteiger partial charge in [0, 0.05) is 4.90 Å². The zero-order valence-electron chi connectivity index (χ0n) is 12.0. The minimum absolute atomic E-state index is 0.329. The maximum absolute atomic E-state index is 11.7. The SMILES string of the molecule is CCOC(=O)c1ccc(N)c(Oc2ccc(SC)cc2)c1. The van der Waals surface area contributed by atoms with E-state index in [0.29, 0.717) is 29.4 Å². The summed E-state index contributed by atoms with van der Waals surface area (Å²) in [5.74, 6) is 0.720. The average Bonchev–Trinajstić information content (AvgIpc) is 2.50. The fraction of sp³-hybridized carbons (Fsp3) is 0.188. The zero-order chi connectivity index (χ0) is 15.2. The first-order chi connectivity index (χ1) is 10.1. The molecule has 0 heterocycles. The molecule has 0 spiro atoms. The zero-order valence-corrected chi connectivity index (χ0v) is 12.8. The van der Waals surface area contributed by atoms with E-state index in [1.54, 1.807) is 36.9 Å². The molecule has 4 nitrogen and oxygen atoms in total. The third-order valence-corrected chi connectivity index (χ3v) is 3.56. The highest BCUT2D eigenvalue weighted by atomic mass is 32.2. The molecule has 0 amide bonds. The lowest BCUT2D eigenvalue weighted by Crippen LogP contribution is -2.05. The Morgan fingerprint density at radius 2 is 1.90 bits per heavy atom. The fourth-order valence-corrected chi connectivity index (χ4v) is 2.14. The number of nitrogen functional groups attached to an aromatic ring is 1. The van der Waals surface area contributed by atoms with Crippen molar-refractivity contribution in [1.29, 1.82) is 0 Å². The molecule has 110 valence electrons. The van der Waals surface area contributed by atoms with Gasteiger partial charge in [-0.3, -0.25) is 0 Å². The number of rotatable bonds is 5. The molecule has 2 N–H and O–H groups in total.